The Labute approximate surface area is 239 Å². The molecule has 0 spiro atoms. The summed E-state index contributed by atoms with van der Waals surface area (Å²) in [5.74, 6) is 0. The summed E-state index contributed by atoms with van der Waals surface area (Å²) in [6.45, 7) is 4.64. The molecule has 0 aromatic carbocycles. The fraction of sp³-hybridized carbons (Fsp3) is 1.00. The number of rotatable bonds is 12. The van der Waals surface area contributed by atoms with Crippen molar-refractivity contribution in [2.75, 3.05) is 0 Å². The molecule has 0 bridgehead atoms. The van der Waals surface area contributed by atoms with Gasteiger partial charge in [0.25, 0.3) is 0 Å². The summed E-state index contributed by atoms with van der Waals surface area (Å²) in [7, 11) is 0. The molecule has 0 aromatic rings. The van der Waals surface area contributed by atoms with Gasteiger partial charge in [-0.05, 0) is 29.9 Å². The maximum absolute atomic E-state index is 11.3. The van der Waals surface area contributed by atoms with Crippen LogP contribution in [0, 0.1) is 0 Å². The lowest BCUT2D eigenvalue weighted by Crippen LogP contribution is -2.65. The van der Waals surface area contributed by atoms with Gasteiger partial charge in [0.1, 0.15) is 48.8 Å². The third kappa shape index (κ3) is 7.34. The van der Waals surface area contributed by atoms with Gasteiger partial charge in [-0.3, -0.25) is 0 Å². The number of azide groups is 3. The van der Waals surface area contributed by atoms with Crippen molar-refractivity contribution in [3.63, 3.8) is 0 Å². The number of hydrogen-bond donors (Lipinski definition) is 6. The molecular weight excluding hydrogens is 566 g/mol. The number of ether oxygens (including phenoxy) is 5. The number of aliphatic hydroxyl groups excluding tert-OH is 6. The normalized spacial score (nSPS) is 43.4. The zero-order valence-electron chi connectivity index (χ0n) is 23.1. The molecule has 6 unspecified atom stereocenters. The van der Waals surface area contributed by atoms with Crippen molar-refractivity contribution in [2.24, 2.45) is 15.3 Å². The highest BCUT2D eigenvalue weighted by atomic mass is 16.7. The maximum atomic E-state index is 11.3. The first-order valence-corrected chi connectivity index (χ1v) is 13.5. The topological polar surface area (TPSA) is 314 Å². The Morgan fingerprint density at radius 2 is 1.38 bits per heavy atom. The van der Waals surface area contributed by atoms with Gasteiger partial charge >= 0.3 is 0 Å². The molecule has 236 valence electrons. The van der Waals surface area contributed by atoms with E-state index in [1.54, 1.807) is 0 Å². The Morgan fingerprint density at radius 1 is 0.762 bits per heavy atom. The van der Waals surface area contributed by atoms with Crippen LogP contribution in [0.15, 0.2) is 15.3 Å². The summed E-state index contributed by atoms with van der Waals surface area (Å²) in [6.07, 6.45) is -19.3. The molecule has 3 heterocycles. The van der Waals surface area contributed by atoms with Gasteiger partial charge in [-0.15, -0.1) is 0 Å². The predicted octanol–water partition coefficient (Wildman–Crippen LogP) is -0.00500. The Morgan fingerprint density at radius 3 is 1.98 bits per heavy atom. The minimum Gasteiger partial charge on any atom is -0.391 e. The van der Waals surface area contributed by atoms with Gasteiger partial charge in [-0.25, -0.2) is 0 Å². The first kappa shape index (κ1) is 34.0. The van der Waals surface area contributed by atoms with E-state index in [9.17, 15) is 36.2 Å². The summed E-state index contributed by atoms with van der Waals surface area (Å²) in [5, 5.41) is 74.2. The fourth-order valence-corrected chi connectivity index (χ4v) is 5.20. The second-order valence-corrected chi connectivity index (χ2v) is 10.4. The van der Waals surface area contributed by atoms with Gasteiger partial charge < -0.3 is 54.3 Å². The van der Waals surface area contributed by atoms with Crippen LogP contribution in [0.1, 0.15) is 40.0 Å². The largest absolute Gasteiger partial charge is 0.391 e. The molecule has 3 aliphatic rings. The first-order chi connectivity index (χ1) is 20.0. The first-order valence-electron chi connectivity index (χ1n) is 13.5. The molecule has 3 fully saturated rings. The summed E-state index contributed by atoms with van der Waals surface area (Å²) >= 11 is 0. The zero-order chi connectivity index (χ0) is 31.1. The van der Waals surface area contributed by atoms with E-state index in [0.29, 0.717) is 12.8 Å². The minimum atomic E-state index is -1.76. The van der Waals surface area contributed by atoms with Crippen molar-refractivity contribution in [3.8, 4) is 0 Å². The lowest BCUT2D eigenvalue weighted by atomic mass is 9.93. The molecule has 6 N–H and O–H groups in total. The molecule has 0 aliphatic carbocycles. The number of aliphatic hydroxyl groups is 6. The van der Waals surface area contributed by atoms with Crippen LogP contribution >= 0.6 is 0 Å². The molecule has 16 atom stereocenters. The van der Waals surface area contributed by atoms with Crippen molar-refractivity contribution in [1.82, 2.24) is 0 Å². The summed E-state index contributed by atoms with van der Waals surface area (Å²) in [5.41, 5.74) is 27.1. The predicted molar refractivity (Wildman–Crippen MR) is 138 cm³/mol. The summed E-state index contributed by atoms with van der Waals surface area (Å²) < 4.78 is 29.0. The van der Waals surface area contributed by atoms with Gasteiger partial charge in [0.2, 0.25) is 0 Å². The van der Waals surface area contributed by atoms with E-state index in [2.05, 4.69) is 30.1 Å². The van der Waals surface area contributed by atoms with Gasteiger partial charge in [0.05, 0.1) is 30.5 Å². The van der Waals surface area contributed by atoms with Crippen LogP contribution in [-0.4, -0.2) is 129 Å². The zero-order valence-corrected chi connectivity index (χ0v) is 23.1. The van der Waals surface area contributed by atoms with E-state index in [4.69, 9.17) is 34.7 Å². The molecule has 20 heteroatoms. The molecular formula is C22H37N9O11. The SMILES string of the molecule is CCCC[C@@H]1OC(N=[N+]=[N-])[C@@H](O[C@H]2OC([C@@H](C)O)[C@@H](O)[C@H](O)C2N=[N+]=[N-])[C@H](O[C@@H]2O[C@H]([C@H](C)N=[N+]=[N-])C(O)C2O)C1O. The average molecular weight is 604 g/mol. The van der Waals surface area contributed by atoms with Gasteiger partial charge in [0.15, 0.2) is 18.8 Å². The van der Waals surface area contributed by atoms with E-state index >= 15 is 0 Å². The number of hydrogen-bond acceptors (Lipinski definition) is 14. The molecule has 3 rings (SSSR count). The van der Waals surface area contributed by atoms with Crippen LogP contribution in [0.2, 0.25) is 0 Å². The quantitative estimate of drug-likeness (QED) is 0.0978. The van der Waals surface area contributed by atoms with Gasteiger partial charge in [0, 0.05) is 14.7 Å². The Bertz CT molecular complexity index is 1040. The minimum absolute atomic E-state index is 0.297. The van der Waals surface area contributed by atoms with Crippen molar-refractivity contribution >= 4 is 0 Å². The van der Waals surface area contributed by atoms with Crippen molar-refractivity contribution in [3.05, 3.63) is 31.3 Å². The van der Waals surface area contributed by atoms with Crippen molar-refractivity contribution in [1.29, 1.82) is 0 Å². The highest BCUT2D eigenvalue weighted by Gasteiger charge is 2.54. The molecule has 0 radical (unpaired) electrons. The molecule has 0 amide bonds. The maximum Gasteiger partial charge on any atom is 0.187 e. The molecule has 3 aliphatic heterocycles. The number of unbranched alkanes of at least 4 members (excludes halogenated alkanes) is 1. The van der Waals surface area contributed by atoms with Crippen LogP contribution < -0.4 is 0 Å². The van der Waals surface area contributed by atoms with Gasteiger partial charge in [-0.2, -0.15) is 0 Å². The Hall–Kier alpha value is -2.51. The summed E-state index contributed by atoms with van der Waals surface area (Å²) in [6, 6.07) is -2.50. The fourth-order valence-electron chi connectivity index (χ4n) is 5.20. The van der Waals surface area contributed by atoms with E-state index in [1.165, 1.54) is 13.8 Å². The van der Waals surface area contributed by atoms with E-state index in [0.717, 1.165) is 6.42 Å². The van der Waals surface area contributed by atoms with Crippen LogP contribution in [-0.2, 0) is 23.7 Å². The van der Waals surface area contributed by atoms with Crippen LogP contribution in [0.25, 0.3) is 31.3 Å². The monoisotopic (exact) mass is 603 g/mol. The highest BCUT2D eigenvalue weighted by molar-refractivity contribution is 5.00. The lowest BCUT2D eigenvalue weighted by molar-refractivity contribution is -0.340. The smallest absolute Gasteiger partial charge is 0.187 e. The van der Waals surface area contributed by atoms with E-state index < -0.39 is 98.0 Å². The van der Waals surface area contributed by atoms with Gasteiger partial charge in [-0.1, -0.05) is 42.0 Å². The third-order valence-corrected chi connectivity index (χ3v) is 7.46. The second-order valence-electron chi connectivity index (χ2n) is 10.4. The lowest BCUT2D eigenvalue weighted by Gasteiger charge is -2.48. The molecule has 0 saturated carbocycles. The third-order valence-electron chi connectivity index (χ3n) is 7.46. The Kier molecular flexibility index (Phi) is 12.4. The molecule has 0 aromatic heterocycles. The van der Waals surface area contributed by atoms with Crippen LogP contribution in [0.3, 0.4) is 0 Å². The molecule has 20 nitrogen and oxygen atoms in total. The highest BCUT2D eigenvalue weighted by Crippen LogP contribution is 2.36. The van der Waals surface area contributed by atoms with Crippen LogP contribution in [0.5, 0.6) is 0 Å². The molecule has 42 heavy (non-hydrogen) atoms. The standard InChI is InChI=1S/C22H37N9O11/c1-4-5-6-9-11(33)18(41-22-15(37)14(36)16(39-22)7(2)26-29-23)19(20(38-9)28-31-25)42-21-10(27-30-24)12(34)13(35)17(40-21)8(3)32/h7-22,32-37H,4-6H2,1-3H3/t7-,8+,9-,10?,11?,12+,13-,14?,15?,16+,17?,18+,19-,20?,21+,22-/m0/s1. The summed E-state index contributed by atoms with van der Waals surface area (Å²) in [4.78, 5) is 8.11. The average Bonchev–Trinajstić information content (AvgIpc) is 3.23. The number of nitrogens with zero attached hydrogens (tertiary/aromatic N) is 9. The van der Waals surface area contributed by atoms with E-state index in [-0.39, 0.29) is 0 Å². The second kappa shape index (κ2) is 15.3. The van der Waals surface area contributed by atoms with Crippen LogP contribution in [0.4, 0.5) is 0 Å². The van der Waals surface area contributed by atoms with E-state index in [1.807, 2.05) is 6.92 Å². The molecule has 3 saturated heterocycles. The van der Waals surface area contributed by atoms with Crippen molar-refractivity contribution in [2.45, 2.75) is 138 Å². The van der Waals surface area contributed by atoms with Crippen molar-refractivity contribution < 1.29 is 54.3 Å². The Balaban J connectivity index is 1.99.